The van der Waals surface area contributed by atoms with Crippen LogP contribution in [-0.2, 0) is 30.4 Å². The Labute approximate surface area is 211 Å². The number of cyclic esters (lactones) is 1. The Hall–Kier alpha value is -2.97. The summed E-state index contributed by atoms with van der Waals surface area (Å²) in [7, 11) is 0. The number of fused-ring (bicyclic) bond motifs is 2. The number of hydrogen-bond donors (Lipinski definition) is 1. The Bertz CT molecular complexity index is 1070. The molecular formula is C28H34N2O6. The first-order valence-corrected chi connectivity index (χ1v) is 12.9. The molecule has 1 spiro atoms. The molecule has 2 saturated heterocycles. The molecule has 192 valence electrons. The van der Waals surface area contributed by atoms with E-state index in [1.165, 1.54) is 4.90 Å². The van der Waals surface area contributed by atoms with Gasteiger partial charge in [-0.25, -0.2) is 0 Å². The Morgan fingerprint density at radius 2 is 1.92 bits per heavy atom. The van der Waals surface area contributed by atoms with Gasteiger partial charge in [-0.05, 0) is 17.9 Å². The molecule has 0 aromatic heterocycles. The number of hydrogen-bond acceptors (Lipinski definition) is 6. The molecule has 5 rings (SSSR count). The van der Waals surface area contributed by atoms with Crippen LogP contribution in [0.15, 0.2) is 54.6 Å². The second kappa shape index (κ2) is 9.82. The highest BCUT2D eigenvalue weighted by atomic mass is 16.6. The second-order valence-electron chi connectivity index (χ2n) is 10.2. The number of likely N-dealkylation sites (tertiary alicyclic amines) is 1. The standard InChI is InChI=1S/C28H34N2O6/c1-3-18(2)20(17-31)30-24-26(33)29(16-19-10-5-4-6-11-19)14-9-13-28(24)23(25(30)32)22-21(36-28)12-7-8-15-35-27(22)34/h4-7,9-13,18,20-24,31H,3,8,14-17H2,1-2H3/t18-,20-,21+,22-,23-,24?,28-/m0/s1. The van der Waals surface area contributed by atoms with Gasteiger partial charge in [-0.2, -0.15) is 0 Å². The van der Waals surface area contributed by atoms with Crippen LogP contribution in [0.1, 0.15) is 32.3 Å². The molecule has 7 atom stereocenters. The van der Waals surface area contributed by atoms with Crippen molar-refractivity contribution in [3.63, 3.8) is 0 Å². The van der Waals surface area contributed by atoms with Crippen LogP contribution in [0.2, 0.25) is 0 Å². The number of aliphatic hydroxyl groups excluding tert-OH is 1. The van der Waals surface area contributed by atoms with Crippen LogP contribution in [0.3, 0.4) is 0 Å². The summed E-state index contributed by atoms with van der Waals surface area (Å²) in [6, 6.07) is 8.13. The number of aliphatic hydroxyl groups is 1. The van der Waals surface area contributed by atoms with Gasteiger partial charge in [-0.3, -0.25) is 14.4 Å². The maximum atomic E-state index is 14.3. The highest BCUT2D eigenvalue weighted by molar-refractivity contribution is 5.99. The van der Waals surface area contributed by atoms with Crippen molar-refractivity contribution in [3.8, 4) is 0 Å². The van der Waals surface area contributed by atoms with E-state index in [0.29, 0.717) is 19.5 Å². The van der Waals surface area contributed by atoms with Gasteiger partial charge >= 0.3 is 5.97 Å². The molecule has 1 unspecified atom stereocenters. The average Bonchev–Trinajstić information content (AvgIpc) is 3.26. The van der Waals surface area contributed by atoms with Crippen LogP contribution in [0.4, 0.5) is 0 Å². The highest BCUT2D eigenvalue weighted by Crippen LogP contribution is 2.54. The number of carbonyl (C=O) groups is 3. The van der Waals surface area contributed by atoms with E-state index in [1.807, 2.05) is 68.5 Å². The van der Waals surface area contributed by atoms with Crippen molar-refractivity contribution in [2.24, 2.45) is 17.8 Å². The maximum absolute atomic E-state index is 14.3. The Morgan fingerprint density at radius 1 is 1.14 bits per heavy atom. The number of rotatable bonds is 6. The van der Waals surface area contributed by atoms with Crippen LogP contribution in [0.5, 0.6) is 0 Å². The van der Waals surface area contributed by atoms with Crippen LogP contribution in [-0.4, -0.2) is 76.2 Å². The molecular weight excluding hydrogens is 460 g/mol. The fourth-order valence-corrected chi connectivity index (χ4v) is 6.21. The minimum atomic E-state index is -1.32. The van der Waals surface area contributed by atoms with Gasteiger partial charge in [0.25, 0.3) is 0 Å². The average molecular weight is 495 g/mol. The molecule has 2 fully saturated rings. The lowest BCUT2D eigenvalue weighted by Gasteiger charge is -2.40. The quantitative estimate of drug-likeness (QED) is 0.481. The molecule has 4 aliphatic heterocycles. The van der Waals surface area contributed by atoms with Crippen LogP contribution in [0.25, 0.3) is 0 Å². The lowest BCUT2D eigenvalue weighted by atomic mass is 9.77. The van der Waals surface area contributed by atoms with E-state index in [2.05, 4.69) is 0 Å². The molecule has 1 aromatic rings. The van der Waals surface area contributed by atoms with Crippen LogP contribution >= 0.6 is 0 Å². The number of nitrogens with zero attached hydrogens (tertiary/aromatic N) is 2. The number of ether oxygens (including phenoxy) is 2. The molecule has 0 radical (unpaired) electrons. The van der Waals surface area contributed by atoms with Crippen molar-refractivity contribution in [1.82, 2.24) is 9.80 Å². The number of amides is 2. The zero-order valence-electron chi connectivity index (χ0n) is 20.8. The van der Waals surface area contributed by atoms with Gasteiger partial charge in [0.1, 0.15) is 17.6 Å². The molecule has 1 aromatic carbocycles. The van der Waals surface area contributed by atoms with Gasteiger partial charge < -0.3 is 24.4 Å². The molecule has 36 heavy (non-hydrogen) atoms. The summed E-state index contributed by atoms with van der Waals surface area (Å²) >= 11 is 0. The van der Waals surface area contributed by atoms with Crippen molar-refractivity contribution in [3.05, 3.63) is 60.2 Å². The van der Waals surface area contributed by atoms with Crippen molar-refractivity contribution in [2.75, 3.05) is 19.8 Å². The Kier molecular flexibility index (Phi) is 6.74. The lowest BCUT2D eigenvalue weighted by molar-refractivity contribution is -0.157. The van der Waals surface area contributed by atoms with Crippen LogP contribution in [0, 0.1) is 17.8 Å². The third-order valence-corrected chi connectivity index (χ3v) is 8.20. The van der Waals surface area contributed by atoms with Gasteiger partial charge in [-0.15, -0.1) is 0 Å². The molecule has 0 saturated carbocycles. The van der Waals surface area contributed by atoms with Gasteiger partial charge in [-0.1, -0.05) is 74.9 Å². The van der Waals surface area contributed by atoms with Crippen LogP contribution < -0.4 is 0 Å². The van der Waals surface area contributed by atoms with E-state index >= 15 is 0 Å². The fourth-order valence-electron chi connectivity index (χ4n) is 6.21. The monoisotopic (exact) mass is 494 g/mol. The summed E-state index contributed by atoms with van der Waals surface area (Å²) in [6.45, 7) is 4.65. The second-order valence-corrected chi connectivity index (χ2v) is 10.2. The van der Waals surface area contributed by atoms with Crippen molar-refractivity contribution < 1.29 is 29.0 Å². The van der Waals surface area contributed by atoms with E-state index in [-0.39, 0.29) is 30.9 Å². The zero-order valence-corrected chi connectivity index (χ0v) is 20.8. The predicted octanol–water partition coefficient (Wildman–Crippen LogP) is 2.08. The third-order valence-electron chi connectivity index (χ3n) is 8.20. The number of benzene rings is 1. The number of esters is 1. The minimum absolute atomic E-state index is 0.0580. The summed E-state index contributed by atoms with van der Waals surface area (Å²) in [6.07, 6.45) is 8.05. The summed E-state index contributed by atoms with van der Waals surface area (Å²) in [5.41, 5.74) is -0.340. The highest BCUT2D eigenvalue weighted by Gasteiger charge is 2.72. The molecule has 8 nitrogen and oxygen atoms in total. The van der Waals surface area contributed by atoms with E-state index < -0.39 is 41.6 Å². The minimum Gasteiger partial charge on any atom is -0.465 e. The van der Waals surface area contributed by atoms with Gasteiger partial charge in [0, 0.05) is 13.1 Å². The van der Waals surface area contributed by atoms with Gasteiger partial charge in [0.15, 0.2) is 0 Å². The smallest absolute Gasteiger partial charge is 0.312 e. The van der Waals surface area contributed by atoms with Gasteiger partial charge in [0.2, 0.25) is 11.8 Å². The summed E-state index contributed by atoms with van der Waals surface area (Å²) < 4.78 is 12.0. The predicted molar refractivity (Wildman–Crippen MR) is 131 cm³/mol. The summed E-state index contributed by atoms with van der Waals surface area (Å²) in [5, 5.41) is 10.4. The van der Waals surface area contributed by atoms with Crippen molar-refractivity contribution in [2.45, 2.75) is 57.0 Å². The molecule has 2 amide bonds. The van der Waals surface area contributed by atoms with Crippen molar-refractivity contribution >= 4 is 17.8 Å². The Balaban J connectivity index is 1.61. The maximum Gasteiger partial charge on any atom is 0.312 e. The van der Waals surface area contributed by atoms with E-state index in [0.717, 1.165) is 12.0 Å². The number of carbonyl (C=O) groups excluding carboxylic acids is 3. The lowest BCUT2D eigenvalue weighted by Crippen LogP contribution is -2.59. The van der Waals surface area contributed by atoms with Crippen molar-refractivity contribution in [1.29, 1.82) is 0 Å². The molecule has 0 aliphatic carbocycles. The van der Waals surface area contributed by atoms with E-state index in [4.69, 9.17) is 9.47 Å². The summed E-state index contributed by atoms with van der Waals surface area (Å²) in [4.78, 5) is 44.9. The fraction of sp³-hybridized carbons (Fsp3) is 0.536. The largest absolute Gasteiger partial charge is 0.465 e. The molecule has 4 heterocycles. The van der Waals surface area contributed by atoms with E-state index in [9.17, 15) is 19.5 Å². The zero-order chi connectivity index (χ0) is 25.4. The SMILES string of the molecule is CC[C@H](C)[C@H](CO)N1C(=O)[C@@H]2[C@H]3C(=O)OCCC=C[C@H]3O[C@@]23C=CCN(Cc2ccccc2)C(=O)C13. The first-order chi connectivity index (χ1) is 17.4. The van der Waals surface area contributed by atoms with Gasteiger partial charge in [0.05, 0.1) is 31.3 Å². The first-order valence-electron chi connectivity index (χ1n) is 12.9. The Morgan fingerprint density at radius 3 is 2.64 bits per heavy atom. The first kappa shape index (κ1) is 24.7. The topological polar surface area (TPSA) is 96.4 Å². The summed E-state index contributed by atoms with van der Waals surface area (Å²) in [5.74, 6) is -2.87. The molecule has 1 N–H and O–H groups in total. The normalized spacial score (nSPS) is 33.2. The molecule has 4 aliphatic rings. The molecule has 8 heteroatoms. The third kappa shape index (κ3) is 3.87. The molecule has 0 bridgehead atoms. The van der Waals surface area contributed by atoms with E-state index in [1.54, 1.807) is 4.90 Å².